The summed E-state index contributed by atoms with van der Waals surface area (Å²) in [4.78, 5) is 83.8. The first kappa shape index (κ1) is 72.2. The van der Waals surface area contributed by atoms with Crippen LogP contribution in [0.25, 0.3) is 0 Å². The molecular formula is C49H64AlBr3Cl6N4O10S. The third-order valence-corrected chi connectivity index (χ3v) is 13.5. The number of carbonyl (C=O) groups is 7. The number of benzene rings is 3. The highest BCUT2D eigenvalue weighted by atomic mass is 79.9. The topological polar surface area (TPSA) is 196 Å². The third kappa shape index (κ3) is 33.5. The summed E-state index contributed by atoms with van der Waals surface area (Å²) in [5.41, 5.74) is 1.60. The lowest BCUT2D eigenvalue weighted by Gasteiger charge is -2.30. The third-order valence-electron chi connectivity index (χ3n) is 11.6. The van der Waals surface area contributed by atoms with Crippen molar-refractivity contribution in [2.45, 2.75) is 79.6 Å². The van der Waals surface area contributed by atoms with E-state index in [1.165, 1.54) is 6.92 Å². The number of piperidine rings is 4. The summed E-state index contributed by atoms with van der Waals surface area (Å²) in [5.74, 6) is -0.0381. The minimum atomic E-state index is -3.72. The molecule has 0 unspecified atom stereocenters. The first-order valence-corrected chi connectivity index (χ1v) is 34.1. The lowest BCUT2D eigenvalue weighted by molar-refractivity contribution is -0.145. The fourth-order valence-corrected chi connectivity index (χ4v) is 8.57. The maximum atomic E-state index is 12.3. The molecule has 0 atom stereocenters. The Balaban J connectivity index is 0.000000878. The number of hydrogen-bond donors (Lipinski definition) is 2. The molecule has 0 bridgehead atoms. The molecule has 4 saturated heterocycles. The second kappa shape index (κ2) is 39.5. The number of nitrogens with zero attached hydrogens (tertiary/aromatic N) is 3. The van der Waals surface area contributed by atoms with E-state index >= 15 is 0 Å². The number of likely N-dealkylation sites (tertiary alicyclic amines) is 3. The van der Waals surface area contributed by atoms with Gasteiger partial charge >= 0.3 is 25.6 Å². The number of ketones is 2. The Bertz CT molecular complexity index is 2190. The van der Waals surface area contributed by atoms with E-state index in [-0.39, 0.29) is 59.8 Å². The molecule has 3 amide bonds. The second-order valence-corrected chi connectivity index (χ2v) is 29.9. The number of amides is 3. The molecule has 3 aromatic carbocycles. The molecule has 0 spiro atoms. The summed E-state index contributed by atoms with van der Waals surface area (Å²) in [7, 11) is 19.6. The maximum Gasteiger partial charge on any atom is 0.643 e. The van der Waals surface area contributed by atoms with Gasteiger partial charge in [-0.05, 0) is 112 Å². The van der Waals surface area contributed by atoms with E-state index < -0.39 is 25.6 Å². The summed E-state index contributed by atoms with van der Waals surface area (Å²) in [5, 5.41) is 11.7. The molecule has 0 aromatic heterocycles. The number of carboxylic acid groups (broad SMARTS) is 1. The first-order valence-electron chi connectivity index (χ1n) is 23.0. The monoisotopic (exact) mass is 1370 g/mol. The minimum absolute atomic E-state index is 0. The number of carbonyl (C=O) groups excluding carboxylic acids is 6. The van der Waals surface area contributed by atoms with Crippen molar-refractivity contribution in [3.05, 3.63) is 103 Å². The van der Waals surface area contributed by atoms with Gasteiger partial charge < -0.3 is 25.1 Å². The molecule has 74 heavy (non-hydrogen) atoms. The van der Waals surface area contributed by atoms with Crippen molar-refractivity contribution in [1.29, 1.82) is 0 Å². The van der Waals surface area contributed by atoms with Gasteiger partial charge in [-0.3, -0.25) is 33.6 Å². The van der Waals surface area contributed by atoms with Gasteiger partial charge in [0.2, 0.25) is 23.0 Å². The zero-order valence-corrected chi connectivity index (χ0v) is 51.7. The molecule has 25 heteroatoms. The van der Waals surface area contributed by atoms with Gasteiger partial charge in [-0.25, -0.2) is 30.1 Å². The predicted octanol–water partition coefficient (Wildman–Crippen LogP) is 12.3. The lowest BCUT2D eigenvalue weighted by Crippen LogP contribution is -2.39. The van der Waals surface area contributed by atoms with Gasteiger partial charge in [-0.1, -0.05) is 97.7 Å². The van der Waals surface area contributed by atoms with Gasteiger partial charge in [0.25, 0.3) is 0 Å². The van der Waals surface area contributed by atoms with Gasteiger partial charge in [-0.2, -0.15) is 8.42 Å². The van der Waals surface area contributed by atoms with Crippen LogP contribution in [-0.4, -0.2) is 132 Å². The van der Waals surface area contributed by atoms with Crippen molar-refractivity contribution in [2.75, 3.05) is 52.4 Å². The maximum absolute atomic E-state index is 12.3. The van der Waals surface area contributed by atoms with Crippen LogP contribution >= 0.6 is 111 Å². The molecule has 0 radical (unpaired) electrons. The van der Waals surface area contributed by atoms with Crippen molar-refractivity contribution in [1.82, 2.24) is 20.0 Å². The second-order valence-electron chi connectivity index (χ2n) is 16.7. The average Bonchev–Trinajstić information content (AvgIpc) is 3.35. The largest absolute Gasteiger partial charge is 0.643 e. The van der Waals surface area contributed by atoms with Gasteiger partial charge in [0.15, 0.2) is 11.6 Å². The van der Waals surface area contributed by atoms with Crippen molar-refractivity contribution < 1.29 is 47.1 Å². The van der Waals surface area contributed by atoms with Crippen LogP contribution in [0.1, 0.15) is 100 Å². The molecule has 4 aliphatic rings. The number of rotatable bonds is 6. The SMILES string of the molecule is Brc1ccccc1.C.CC(=O)N1CCC(C(=O)Cl)CC1.CC(=O)N1CCC(C(=O)O)CC1.CC(=O)N1CCC(C(=O)c2ccc(Br)cc2)CC1.O=C(c1ccc(Br)cc1)C1CCNCC1.O=S(=O)(Cl)Cl.[Cl][Al]([Cl])[Cl]. The highest BCUT2D eigenvalue weighted by molar-refractivity contribution is 9.11. The van der Waals surface area contributed by atoms with Crippen LogP contribution in [0, 0.1) is 23.7 Å². The van der Waals surface area contributed by atoms with Crippen LogP contribution in [0.4, 0.5) is 0 Å². The van der Waals surface area contributed by atoms with Crippen molar-refractivity contribution in [3.63, 3.8) is 0 Å². The number of aliphatic carboxylic acids is 1. The Labute approximate surface area is 492 Å². The molecule has 0 saturated carbocycles. The van der Waals surface area contributed by atoms with Gasteiger partial charge in [0.05, 0.1) is 5.92 Å². The summed E-state index contributed by atoms with van der Waals surface area (Å²) < 4.78 is 21.5. The van der Waals surface area contributed by atoms with E-state index in [4.69, 9.17) is 55.3 Å². The van der Waals surface area contributed by atoms with E-state index in [2.05, 4.69) is 74.5 Å². The van der Waals surface area contributed by atoms with Crippen LogP contribution in [0.15, 0.2) is 92.3 Å². The van der Waals surface area contributed by atoms with E-state index in [1.54, 1.807) is 23.6 Å². The highest BCUT2D eigenvalue weighted by Gasteiger charge is 2.28. The van der Waals surface area contributed by atoms with E-state index in [9.17, 15) is 33.6 Å². The van der Waals surface area contributed by atoms with Gasteiger partial charge in [0, 0.05) is 124 Å². The quantitative estimate of drug-likeness (QED) is 0.135. The highest BCUT2D eigenvalue weighted by Crippen LogP contribution is 2.24. The number of hydrogen-bond acceptors (Lipinski definition) is 10. The normalized spacial score (nSPS) is 15.9. The van der Waals surface area contributed by atoms with E-state index in [0.717, 1.165) is 63.3 Å². The fourth-order valence-electron chi connectivity index (χ4n) is 7.52. The van der Waals surface area contributed by atoms with Crippen molar-refractivity contribution in [3.8, 4) is 0 Å². The standard InChI is InChI=1S/C14H16BrNO2.C12H14BrNO.C8H12ClNO2.C8H13NO3.C6H5Br.CH4.Al.Cl2O2S.3ClH/c1-10(17)16-8-6-12(7-9-16)14(18)11-2-4-13(15)5-3-11;13-11-3-1-9(2-4-11)12(15)10-5-7-14-8-6-10;1-6(11)10-4-2-7(3-5-10)8(9)12;1-6(10)9-4-2-7(3-5-9)8(11)12;7-6-4-2-1-3-5-6;;;1-5(2,3)4;;;/h2-5,12H,6-9H2,1H3;1-4,10,14H,5-8H2;7H,2-5H2,1H3;7H,2-5H2,1H3,(H,11,12);1-5H;1H4;;;3*1H/q;;;;;;+3;;;;/p-3. The van der Waals surface area contributed by atoms with Gasteiger partial charge in [-0.15, -0.1) is 0 Å². The molecule has 412 valence electrons. The molecular weight excluding hydrogens is 1320 g/mol. The smallest absolute Gasteiger partial charge is 0.481 e. The number of Topliss-reactive ketones (excluding diaryl/α,β-unsaturated/α-hetero) is 2. The summed E-state index contributed by atoms with van der Waals surface area (Å²) >= 11 is 13.7. The molecule has 14 nitrogen and oxygen atoms in total. The first-order chi connectivity index (χ1) is 34.2. The Morgan fingerprint density at radius 3 is 1.05 bits per heavy atom. The Morgan fingerprint density at radius 1 is 0.527 bits per heavy atom. The van der Waals surface area contributed by atoms with E-state index in [1.807, 2.05) is 83.8 Å². The van der Waals surface area contributed by atoms with Crippen molar-refractivity contribution in [2.24, 2.45) is 23.7 Å². The van der Waals surface area contributed by atoms with Crippen LogP contribution in [0.3, 0.4) is 0 Å². The predicted molar refractivity (Wildman–Crippen MR) is 311 cm³/mol. The molecule has 4 aliphatic heterocycles. The number of halogens is 9. The zero-order chi connectivity index (χ0) is 55.3. The molecule has 4 fully saturated rings. The number of nitrogens with one attached hydrogen (secondary N) is 1. The van der Waals surface area contributed by atoms with Crippen LogP contribution in [0.5, 0.6) is 0 Å². The Hall–Kier alpha value is -1.83. The van der Waals surface area contributed by atoms with E-state index in [0.29, 0.717) is 70.7 Å². The summed E-state index contributed by atoms with van der Waals surface area (Å²) in [6.07, 6.45) is 6.08. The average molecular weight is 1380 g/mol. The van der Waals surface area contributed by atoms with Crippen molar-refractivity contribution >= 4 is 171 Å². The molecule has 0 aliphatic carbocycles. The Morgan fingerprint density at radius 2 is 0.797 bits per heavy atom. The minimum Gasteiger partial charge on any atom is -0.481 e. The zero-order valence-electron chi connectivity index (χ0n) is 40.5. The molecule has 3 aromatic rings. The van der Waals surface area contributed by atoms with Gasteiger partial charge in [0.1, 0.15) is 0 Å². The molecule has 7 rings (SSSR count). The molecule has 4 heterocycles. The fraction of sp³-hybridized carbons (Fsp3) is 0.490. The van der Waals surface area contributed by atoms with Crippen LogP contribution in [-0.2, 0) is 32.2 Å². The molecule has 2 N–H and O–H groups in total. The lowest BCUT2D eigenvalue weighted by atomic mass is 9.89. The Kier molecular flexibility index (Phi) is 38.5. The van der Waals surface area contributed by atoms with Crippen LogP contribution in [0.2, 0.25) is 0 Å². The summed E-state index contributed by atoms with van der Waals surface area (Å²) in [6.45, 7) is 10.5. The van der Waals surface area contributed by atoms with Crippen LogP contribution < -0.4 is 5.32 Å². The summed E-state index contributed by atoms with van der Waals surface area (Å²) in [6, 6.07) is 25.1. The number of carboxylic acids is 1.